The summed E-state index contributed by atoms with van der Waals surface area (Å²) in [5, 5.41) is 3.12. The van der Waals surface area contributed by atoms with Gasteiger partial charge in [-0.15, -0.1) is 0 Å². The quantitative estimate of drug-likeness (QED) is 0.796. The second kappa shape index (κ2) is 8.95. The van der Waals surface area contributed by atoms with Gasteiger partial charge in [0.15, 0.2) is 0 Å². The maximum absolute atomic E-state index is 12.5. The maximum Gasteiger partial charge on any atom is 0.407 e. The topological polar surface area (TPSA) is 99.4 Å². The number of nitrogens with zero attached hydrogens (tertiary/aromatic N) is 2. The van der Waals surface area contributed by atoms with Gasteiger partial charge >= 0.3 is 6.09 Å². The molecule has 1 amide bonds. The summed E-state index contributed by atoms with van der Waals surface area (Å²) in [5.41, 5.74) is 8.20. The monoisotopic (exact) mass is 400 g/mol. The minimum absolute atomic E-state index is 0.0593. The van der Waals surface area contributed by atoms with Crippen molar-refractivity contribution in [2.75, 3.05) is 7.11 Å². The standard InChI is InChI=1S/C22H32N4O3/c1-22(2,3)29-21(27)25-18(14-5-7-16(23)8-6-14)13-15-11-12-24-17-9-10-19(28-4)26-20(15)17/h9-12,14,16,18H,5-8,13,23H2,1-4H3,(H,25,27)/t14?,16?,18-/m1/s1. The van der Waals surface area contributed by atoms with Crippen LogP contribution < -0.4 is 15.8 Å². The van der Waals surface area contributed by atoms with Crippen LogP contribution in [0.1, 0.15) is 52.0 Å². The summed E-state index contributed by atoms with van der Waals surface area (Å²) in [6.07, 6.45) is 5.97. The average molecular weight is 401 g/mol. The molecule has 0 radical (unpaired) electrons. The highest BCUT2D eigenvalue weighted by Crippen LogP contribution is 2.29. The van der Waals surface area contributed by atoms with Crippen molar-refractivity contribution in [2.45, 2.75) is 70.6 Å². The molecule has 2 aromatic rings. The van der Waals surface area contributed by atoms with Crippen LogP contribution in [0.5, 0.6) is 5.88 Å². The molecule has 0 bridgehead atoms. The van der Waals surface area contributed by atoms with Crippen LogP contribution in [0.4, 0.5) is 4.79 Å². The summed E-state index contributed by atoms with van der Waals surface area (Å²) in [6, 6.07) is 5.86. The smallest absolute Gasteiger partial charge is 0.407 e. The maximum atomic E-state index is 12.5. The number of carbonyl (C=O) groups is 1. The summed E-state index contributed by atoms with van der Waals surface area (Å²) >= 11 is 0. The van der Waals surface area contributed by atoms with Crippen molar-refractivity contribution in [3.63, 3.8) is 0 Å². The first-order valence-corrected chi connectivity index (χ1v) is 10.3. The third-order valence-electron chi connectivity index (χ3n) is 5.38. The number of amides is 1. The van der Waals surface area contributed by atoms with Crippen LogP contribution in [0, 0.1) is 5.92 Å². The molecular weight excluding hydrogens is 368 g/mol. The number of alkyl carbamates (subject to hydrolysis) is 1. The molecule has 3 N–H and O–H groups in total. The van der Waals surface area contributed by atoms with E-state index in [1.165, 1.54) is 0 Å². The first-order chi connectivity index (χ1) is 13.7. The zero-order chi connectivity index (χ0) is 21.0. The van der Waals surface area contributed by atoms with Gasteiger partial charge in [-0.05, 0) is 76.5 Å². The molecule has 1 aliphatic rings. The van der Waals surface area contributed by atoms with E-state index in [0.29, 0.717) is 18.2 Å². The van der Waals surface area contributed by atoms with Crippen molar-refractivity contribution < 1.29 is 14.3 Å². The second-order valence-corrected chi connectivity index (χ2v) is 8.82. The van der Waals surface area contributed by atoms with E-state index in [1.54, 1.807) is 19.4 Å². The van der Waals surface area contributed by atoms with Gasteiger partial charge in [0.05, 0.1) is 18.1 Å². The number of hydrogen-bond donors (Lipinski definition) is 2. The van der Waals surface area contributed by atoms with Gasteiger partial charge in [-0.2, -0.15) is 0 Å². The van der Waals surface area contributed by atoms with Crippen molar-refractivity contribution in [3.8, 4) is 5.88 Å². The van der Waals surface area contributed by atoms with Gasteiger partial charge in [-0.1, -0.05) is 0 Å². The van der Waals surface area contributed by atoms with Crippen LogP contribution in [0.15, 0.2) is 24.4 Å². The number of carbonyl (C=O) groups excluding carboxylic acids is 1. The predicted octanol–water partition coefficient (Wildman–Crippen LogP) is 3.59. The highest BCUT2D eigenvalue weighted by Gasteiger charge is 2.30. The zero-order valence-corrected chi connectivity index (χ0v) is 17.8. The van der Waals surface area contributed by atoms with Crippen LogP contribution >= 0.6 is 0 Å². The molecule has 0 spiro atoms. The summed E-state index contributed by atoms with van der Waals surface area (Å²) in [5.74, 6) is 0.892. The molecule has 1 fully saturated rings. The third-order valence-corrected chi connectivity index (χ3v) is 5.38. The highest BCUT2D eigenvalue weighted by atomic mass is 16.6. The van der Waals surface area contributed by atoms with Gasteiger partial charge in [-0.25, -0.2) is 9.78 Å². The average Bonchev–Trinajstić information content (AvgIpc) is 2.66. The van der Waals surface area contributed by atoms with Crippen molar-refractivity contribution in [1.82, 2.24) is 15.3 Å². The third kappa shape index (κ3) is 5.79. The lowest BCUT2D eigenvalue weighted by atomic mass is 9.80. The first-order valence-electron chi connectivity index (χ1n) is 10.3. The minimum atomic E-state index is -0.540. The minimum Gasteiger partial charge on any atom is -0.481 e. The molecular formula is C22H32N4O3. The van der Waals surface area contributed by atoms with Crippen LogP contribution in [0.25, 0.3) is 11.0 Å². The Morgan fingerprint density at radius 3 is 2.62 bits per heavy atom. The van der Waals surface area contributed by atoms with Gasteiger partial charge in [0.2, 0.25) is 5.88 Å². The Hall–Kier alpha value is -2.41. The molecule has 1 saturated carbocycles. The summed E-state index contributed by atoms with van der Waals surface area (Å²) in [6.45, 7) is 5.61. The molecule has 7 nitrogen and oxygen atoms in total. The fourth-order valence-corrected chi connectivity index (χ4v) is 3.92. The zero-order valence-electron chi connectivity index (χ0n) is 17.8. The van der Waals surface area contributed by atoms with E-state index in [4.69, 9.17) is 15.2 Å². The Bertz CT molecular complexity index is 842. The van der Waals surface area contributed by atoms with E-state index >= 15 is 0 Å². The fraction of sp³-hybridized carbons (Fsp3) is 0.591. The normalized spacial score (nSPS) is 20.9. The number of ether oxygens (including phenoxy) is 2. The van der Waals surface area contributed by atoms with Crippen molar-refractivity contribution in [3.05, 3.63) is 30.0 Å². The molecule has 29 heavy (non-hydrogen) atoms. The number of nitrogens with two attached hydrogens (primary N) is 1. The Labute approximate surface area is 172 Å². The van der Waals surface area contributed by atoms with Crippen LogP contribution in [0.2, 0.25) is 0 Å². The van der Waals surface area contributed by atoms with Crippen LogP contribution in [-0.4, -0.2) is 40.9 Å². The molecule has 2 aromatic heterocycles. The number of methoxy groups -OCH3 is 1. The Morgan fingerprint density at radius 1 is 1.24 bits per heavy atom. The van der Waals surface area contributed by atoms with Crippen molar-refractivity contribution in [2.24, 2.45) is 11.7 Å². The molecule has 0 unspecified atom stereocenters. The lowest BCUT2D eigenvalue weighted by Gasteiger charge is -2.34. The first kappa shape index (κ1) is 21.3. The van der Waals surface area contributed by atoms with Gasteiger partial charge in [0.1, 0.15) is 5.60 Å². The van der Waals surface area contributed by atoms with Gasteiger partial charge in [0.25, 0.3) is 0 Å². The SMILES string of the molecule is COc1ccc2nccc(C[C@@H](NC(=O)OC(C)(C)C)C3CCC(N)CC3)c2n1. The Balaban J connectivity index is 1.86. The molecule has 0 aliphatic heterocycles. The molecule has 1 atom stereocenters. The van der Waals surface area contributed by atoms with E-state index in [2.05, 4.69) is 15.3 Å². The Morgan fingerprint density at radius 2 is 1.97 bits per heavy atom. The predicted molar refractivity (Wildman–Crippen MR) is 113 cm³/mol. The van der Waals surface area contributed by atoms with E-state index < -0.39 is 5.60 Å². The second-order valence-electron chi connectivity index (χ2n) is 8.82. The number of fused-ring (bicyclic) bond motifs is 1. The largest absolute Gasteiger partial charge is 0.481 e. The van der Waals surface area contributed by atoms with Crippen molar-refractivity contribution >= 4 is 17.1 Å². The van der Waals surface area contributed by atoms with E-state index in [0.717, 1.165) is 42.3 Å². The summed E-state index contributed by atoms with van der Waals surface area (Å²) in [7, 11) is 1.60. The lowest BCUT2D eigenvalue weighted by molar-refractivity contribution is 0.0476. The summed E-state index contributed by atoms with van der Waals surface area (Å²) in [4.78, 5) is 21.5. The van der Waals surface area contributed by atoms with E-state index in [9.17, 15) is 4.79 Å². The van der Waals surface area contributed by atoms with Crippen LogP contribution in [-0.2, 0) is 11.2 Å². The number of aromatic nitrogens is 2. The highest BCUT2D eigenvalue weighted by molar-refractivity contribution is 5.78. The molecule has 2 heterocycles. The molecule has 158 valence electrons. The Kier molecular flexibility index (Phi) is 6.57. The lowest BCUT2D eigenvalue weighted by Crippen LogP contribution is -2.46. The molecule has 1 aliphatic carbocycles. The van der Waals surface area contributed by atoms with E-state index in [1.807, 2.05) is 32.9 Å². The number of rotatable bonds is 5. The van der Waals surface area contributed by atoms with Crippen LogP contribution in [0.3, 0.4) is 0 Å². The molecule has 3 rings (SSSR count). The van der Waals surface area contributed by atoms with E-state index in [-0.39, 0.29) is 18.2 Å². The number of nitrogens with one attached hydrogen (secondary N) is 1. The van der Waals surface area contributed by atoms with Gasteiger partial charge in [0, 0.05) is 24.3 Å². The summed E-state index contributed by atoms with van der Waals surface area (Å²) < 4.78 is 10.8. The number of hydrogen-bond acceptors (Lipinski definition) is 6. The fourth-order valence-electron chi connectivity index (χ4n) is 3.92. The van der Waals surface area contributed by atoms with Gasteiger partial charge in [-0.3, -0.25) is 4.98 Å². The van der Waals surface area contributed by atoms with Gasteiger partial charge < -0.3 is 20.5 Å². The molecule has 0 saturated heterocycles. The number of pyridine rings is 2. The van der Waals surface area contributed by atoms with Crippen molar-refractivity contribution in [1.29, 1.82) is 0 Å². The molecule has 0 aromatic carbocycles. The molecule has 7 heteroatoms.